The van der Waals surface area contributed by atoms with E-state index in [4.69, 9.17) is 14.2 Å². The standard InChI is InChI=1S/C18H20BrNO4/c1-3-22-16-10-14(19)15(11-17(16)23-4-2)20-18(21)24-12-13-8-6-5-7-9-13/h5-11H,3-4,12H2,1-2H3,(H,20,21). The number of amides is 1. The van der Waals surface area contributed by atoms with Gasteiger partial charge in [-0.2, -0.15) is 0 Å². The van der Waals surface area contributed by atoms with Gasteiger partial charge in [0.2, 0.25) is 0 Å². The summed E-state index contributed by atoms with van der Waals surface area (Å²) < 4.78 is 17.0. The smallest absolute Gasteiger partial charge is 0.411 e. The van der Waals surface area contributed by atoms with Crippen molar-refractivity contribution in [3.63, 3.8) is 0 Å². The number of ether oxygens (including phenoxy) is 3. The molecule has 0 spiro atoms. The van der Waals surface area contributed by atoms with Crippen molar-refractivity contribution >= 4 is 27.7 Å². The Balaban J connectivity index is 2.05. The van der Waals surface area contributed by atoms with Crippen molar-refractivity contribution in [2.24, 2.45) is 0 Å². The lowest BCUT2D eigenvalue weighted by molar-refractivity contribution is 0.155. The van der Waals surface area contributed by atoms with E-state index in [2.05, 4.69) is 21.2 Å². The fourth-order valence-electron chi connectivity index (χ4n) is 2.04. The van der Waals surface area contributed by atoms with Gasteiger partial charge in [-0.05, 0) is 35.3 Å². The summed E-state index contributed by atoms with van der Waals surface area (Å²) in [5.74, 6) is 1.19. The predicted molar refractivity (Wildman–Crippen MR) is 96.7 cm³/mol. The fraction of sp³-hybridized carbons (Fsp3) is 0.278. The fourth-order valence-corrected chi connectivity index (χ4v) is 2.46. The molecule has 0 atom stereocenters. The number of halogens is 1. The Morgan fingerprint density at radius 1 is 1.04 bits per heavy atom. The van der Waals surface area contributed by atoms with Crippen LogP contribution in [0.5, 0.6) is 11.5 Å². The van der Waals surface area contributed by atoms with Crippen LogP contribution in [0.2, 0.25) is 0 Å². The topological polar surface area (TPSA) is 56.8 Å². The van der Waals surface area contributed by atoms with Crippen molar-refractivity contribution in [2.75, 3.05) is 18.5 Å². The van der Waals surface area contributed by atoms with E-state index >= 15 is 0 Å². The second kappa shape index (κ2) is 9.17. The Labute approximate surface area is 150 Å². The third-order valence-corrected chi connectivity index (χ3v) is 3.74. The van der Waals surface area contributed by atoms with Crippen LogP contribution < -0.4 is 14.8 Å². The molecule has 6 heteroatoms. The summed E-state index contributed by atoms with van der Waals surface area (Å²) in [6, 6.07) is 13.0. The van der Waals surface area contributed by atoms with Crippen LogP contribution in [0.15, 0.2) is 46.9 Å². The molecule has 2 rings (SSSR count). The Morgan fingerprint density at radius 2 is 1.67 bits per heavy atom. The Morgan fingerprint density at radius 3 is 2.29 bits per heavy atom. The Hall–Kier alpha value is -2.21. The van der Waals surface area contributed by atoms with Crippen LogP contribution in [0, 0.1) is 0 Å². The first kappa shape index (κ1) is 18.1. The minimum Gasteiger partial charge on any atom is -0.490 e. The molecule has 24 heavy (non-hydrogen) atoms. The van der Waals surface area contributed by atoms with Crippen molar-refractivity contribution in [3.8, 4) is 11.5 Å². The zero-order chi connectivity index (χ0) is 17.4. The summed E-state index contributed by atoms with van der Waals surface area (Å²) in [5.41, 5.74) is 1.48. The van der Waals surface area contributed by atoms with Gasteiger partial charge in [0.05, 0.1) is 18.9 Å². The Kier molecular flexibility index (Phi) is 6.93. The summed E-state index contributed by atoms with van der Waals surface area (Å²) >= 11 is 3.42. The average molecular weight is 394 g/mol. The first-order valence-corrected chi connectivity index (χ1v) is 8.50. The summed E-state index contributed by atoms with van der Waals surface area (Å²) in [4.78, 5) is 12.0. The third-order valence-electron chi connectivity index (χ3n) is 3.08. The maximum Gasteiger partial charge on any atom is 0.411 e. The minimum absolute atomic E-state index is 0.208. The van der Waals surface area contributed by atoms with Gasteiger partial charge >= 0.3 is 6.09 Å². The number of hydrogen-bond donors (Lipinski definition) is 1. The molecule has 0 radical (unpaired) electrons. The second-order valence-electron chi connectivity index (χ2n) is 4.83. The lowest BCUT2D eigenvalue weighted by Crippen LogP contribution is -2.14. The molecule has 2 aromatic carbocycles. The van der Waals surface area contributed by atoms with Gasteiger partial charge in [-0.1, -0.05) is 30.3 Å². The molecule has 0 aliphatic rings. The van der Waals surface area contributed by atoms with Crippen molar-refractivity contribution in [2.45, 2.75) is 20.5 Å². The highest BCUT2D eigenvalue weighted by molar-refractivity contribution is 9.10. The molecule has 0 heterocycles. The van der Waals surface area contributed by atoms with Crippen LogP contribution in [0.25, 0.3) is 0 Å². The molecule has 0 unspecified atom stereocenters. The number of rotatable bonds is 7. The highest BCUT2D eigenvalue weighted by Crippen LogP contribution is 2.36. The molecule has 0 aromatic heterocycles. The summed E-state index contributed by atoms with van der Waals surface area (Å²) in [7, 11) is 0. The van der Waals surface area contributed by atoms with E-state index in [9.17, 15) is 4.79 Å². The molecule has 0 saturated carbocycles. The highest BCUT2D eigenvalue weighted by Gasteiger charge is 2.13. The largest absolute Gasteiger partial charge is 0.490 e. The number of nitrogens with one attached hydrogen (secondary N) is 1. The van der Waals surface area contributed by atoms with Crippen LogP contribution in [-0.4, -0.2) is 19.3 Å². The van der Waals surface area contributed by atoms with E-state index in [0.717, 1.165) is 5.56 Å². The molecule has 0 saturated heterocycles. The van der Waals surface area contributed by atoms with E-state index in [0.29, 0.717) is 34.9 Å². The van der Waals surface area contributed by atoms with Crippen LogP contribution in [0.3, 0.4) is 0 Å². The number of benzene rings is 2. The van der Waals surface area contributed by atoms with Crippen LogP contribution >= 0.6 is 15.9 Å². The maximum absolute atomic E-state index is 12.0. The van der Waals surface area contributed by atoms with Gasteiger partial charge in [-0.3, -0.25) is 5.32 Å². The van der Waals surface area contributed by atoms with Crippen LogP contribution in [-0.2, 0) is 11.3 Å². The predicted octanol–water partition coefficient (Wildman–Crippen LogP) is 5.00. The SMILES string of the molecule is CCOc1cc(Br)c(NC(=O)OCc2ccccc2)cc1OCC. The van der Waals surface area contributed by atoms with E-state index in [-0.39, 0.29) is 6.61 Å². The molecular formula is C18H20BrNO4. The van der Waals surface area contributed by atoms with E-state index in [1.165, 1.54) is 0 Å². The summed E-state index contributed by atoms with van der Waals surface area (Å²) in [5, 5.41) is 2.71. The average Bonchev–Trinajstić information content (AvgIpc) is 2.58. The van der Waals surface area contributed by atoms with Crippen LogP contribution in [0.1, 0.15) is 19.4 Å². The minimum atomic E-state index is -0.536. The van der Waals surface area contributed by atoms with Crippen LogP contribution in [0.4, 0.5) is 10.5 Å². The normalized spacial score (nSPS) is 10.1. The zero-order valence-electron chi connectivity index (χ0n) is 13.7. The maximum atomic E-state index is 12.0. The highest BCUT2D eigenvalue weighted by atomic mass is 79.9. The van der Waals surface area contributed by atoms with E-state index in [1.54, 1.807) is 12.1 Å². The van der Waals surface area contributed by atoms with Crippen molar-refractivity contribution in [1.82, 2.24) is 0 Å². The molecule has 0 aliphatic carbocycles. The van der Waals surface area contributed by atoms with E-state index < -0.39 is 6.09 Å². The van der Waals surface area contributed by atoms with Crippen molar-refractivity contribution < 1.29 is 19.0 Å². The lowest BCUT2D eigenvalue weighted by Gasteiger charge is -2.15. The zero-order valence-corrected chi connectivity index (χ0v) is 15.3. The number of carbonyl (C=O) groups is 1. The molecule has 128 valence electrons. The second-order valence-corrected chi connectivity index (χ2v) is 5.69. The molecule has 5 nitrogen and oxygen atoms in total. The number of hydrogen-bond acceptors (Lipinski definition) is 4. The van der Waals surface area contributed by atoms with Gasteiger partial charge in [-0.25, -0.2) is 4.79 Å². The summed E-state index contributed by atoms with van der Waals surface area (Å²) in [6.07, 6.45) is -0.536. The van der Waals surface area contributed by atoms with Crippen molar-refractivity contribution in [1.29, 1.82) is 0 Å². The molecule has 0 fully saturated rings. The van der Waals surface area contributed by atoms with Gasteiger partial charge in [0.15, 0.2) is 11.5 Å². The van der Waals surface area contributed by atoms with Gasteiger partial charge < -0.3 is 14.2 Å². The molecule has 1 amide bonds. The third kappa shape index (κ3) is 5.16. The molecule has 0 aliphatic heterocycles. The van der Waals surface area contributed by atoms with E-state index in [1.807, 2.05) is 44.2 Å². The molecule has 1 N–H and O–H groups in total. The quantitative estimate of drug-likeness (QED) is 0.719. The van der Waals surface area contributed by atoms with Gasteiger partial charge in [0, 0.05) is 16.6 Å². The van der Waals surface area contributed by atoms with Gasteiger partial charge in [0.1, 0.15) is 6.61 Å². The number of anilines is 1. The van der Waals surface area contributed by atoms with Crippen molar-refractivity contribution in [3.05, 3.63) is 52.5 Å². The molecule has 0 bridgehead atoms. The van der Waals surface area contributed by atoms with Gasteiger partial charge in [0.25, 0.3) is 0 Å². The first-order valence-electron chi connectivity index (χ1n) is 7.70. The molecular weight excluding hydrogens is 374 g/mol. The summed E-state index contributed by atoms with van der Waals surface area (Å²) in [6.45, 7) is 5.02. The molecule has 2 aromatic rings. The first-order chi connectivity index (χ1) is 11.6. The number of carbonyl (C=O) groups excluding carboxylic acids is 1. The lowest BCUT2D eigenvalue weighted by atomic mass is 10.2. The Bertz CT molecular complexity index is 676. The monoisotopic (exact) mass is 393 g/mol. The van der Waals surface area contributed by atoms with Gasteiger partial charge in [-0.15, -0.1) is 0 Å².